The van der Waals surface area contributed by atoms with Gasteiger partial charge in [-0.2, -0.15) is 0 Å². The Bertz CT molecular complexity index is 560. The second-order valence-electron chi connectivity index (χ2n) is 4.18. The average molecular weight is 344 g/mol. The highest BCUT2D eigenvalue weighted by atomic mass is 79.9. The first-order valence-corrected chi connectivity index (χ1v) is 6.63. The third-order valence-corrected chi connectivity index (χ3v) is 3.13. The SMILES string of the molecule is Cc1c(C(=O)NCCCC(N)=O)cc(Br)cc1[N+](=O)[O-]. The van der Waals surface area contributed by atoms with Crippen LogP contribution in [-0.2, 0) is 4.79 Å². The number of nitrogens with two attached hydrogens (primary N) is 1. The summed E-state index contributed by atoms with van der Waals surface area (Å²) in [4.78, 5) is 32.9. The van der Waals surface area contributed by atoms with E-state index in [9.17, 15) is 19.7 Å². The van der Waals surface area contributed by atoms with Crippen molar-refractivity contribution in [3.8, 4) is 0 Å². The maximum Gasteiger partial charge on any atom is 0.274 e. The molecule has 0 saturated carbocycles. The predicted octanol–water partition coefficient (Wildman–Crippen LogP) is 1.66. The number of carbonyl (C=O) groups is 2. The molecule has 0 heterocycles. The molecule has 8 heteroatoms. The molecule has 0 aliphatic rings. The molecule has 0 fully saturated rings. The molecule has 0 spiro atoms. The number of primary amides is 1. The zero-order valence-corrected chi connectivity index (χ0v) is 12.4. The minimum Gasteiger partial charge on any atom is -0.370 e. The summed E-state index contributed by atoms with van der Waals surface area (Å²) in [6.45, 7) is 1.80. The van der Waals surface area contributed by atoms with Gasteiger partial charge in [0, 0.05) is 29.1 Å². The van der Waals surface area contributed by atoms with Gasteiger partial charge in [-0.05, 0) is 19.4 Å². The van der Waals surface area contributed by atoms with Gasteiger partial charge < -0.3 is 11.1 Å². The van der Waals surface area contributed by atoms with E-state index in [0.717, 1.165) is 0 Å². The Morgan fingerprint density at radius 3 is 2.65 bits per heavy atom. The van der Waals surface area contributed by atoms with Crippen LogP contribution in [0.15, 0.2) is 16.6 Å². The first kappa shape index (κ1) is 16.1. The van der Waals surface area contributed by atoms with E-state index in [1.54, 1.807) is 0 Å². The molecule has 3 N–H and O–H groups in total. The Labute approximate surface area is 123 Å². The van der Waals surface area contributed by atoms with Gasteiger partial charge >= 0.3 is 0 Å². The van der Waals surface area contributed by atoms with Gasteiger partial charge in [0.25, 0.3) is 11.6 Å². The molecule has 0 radical (unpaired) electrons. The van der Waals surface area contributed by atoms with Crippen LogP contribution in [0.25, 0.3) is 0 Å². The van der Waals surface area contributed by atoms with E-state index >= 15 is 0 Å². The quantitative estimate of drug-likeness (QED) is 0.464. The van der Waals surface area contributed by atoms with Crippen LogP contribution in [0.4, 0.5) is 5.69 Å². The third kappa shape index (κ3) is 4.30. The summed E-state index contributed by atoms with van der Waals surface area (Å²) in [7, 11) is 0. The molecule has 20 heavy (non-hydrogen) atoms. The topological polar surface area (TPSA) is 115 Å². The Morgan fingerprint density at radius 2 is 2.10 bits per heavy atom. The van der Waals surface area contributed by atoms with Gasteiger partial charge in [0.1, 0.15) is 0 Å². The molecule has 1 rings (SSSR count). The van der Waals surface area contributed by atoms with E-state index in [4.69, 9.17) is 5.73 Å². The number of rotatable bonds is 6. The molecule has 0 saturated heterocycles. The summed E-state index contributed by atoms with van der Waals surface area (Å²) >= 11 is 3.14. The van der Waals surface area contributed by atoms with Crippen LogP contribution < -0.4 is 11.1 Å². The smallest absolute Gasteiger partial charge is 0.274 e. The monoisotopic (exact) mass is 343 g/mol. The van der Waals surface area contributed by atoms with E-state index in [1.165, 1.54) is 19.1 Å². The van der Waals surface area contributed by atoms with Crippen molar-refractivity contribution in [1.82, 2.24) is 5.32 Å². The van der Waals surface area contributed by atoms with E-state index in [0.29, 0.717) is 16.5 Å². The molecule has 0 unspecified atom stereocenters. The number of nitrogens with zero attached hydrogens (tertiary/aromatic N) is 1. The fourth-order valence-corrected chi connectivity index (χ4v) is 2.10. The fourth-order valence-electron chi connectivity index (χ4n) is 1.65. The summed E-state index contributed by atoms with van der Waals surface area (Å²) in [5.74, 6) is -0.857. The van der Waals surface area contributed by atoms with E-state index < -0.39 is 16.7 Å². The lowest BCUT2D eigenvalue weighted by molar-refractivity contribution is -0.385. The first-order chi connectivity index (χ1) is 9.32. The van der Waals surface area contributed by atoms with E-state index in [-0.39, 0.29) is 24.2 Å². The number of nitrogens with one attached hydrogen (secondary N) is 1. The summed E-state index contributed by atoms with van der Waals surface area (Å²) in [6, 6.07) is 2.87. The molecule has 1 aromatic carbocycles. The second-order valence-corrected chi connectivity index (χ2v) is 5.10. The van der Waals surface area contributed by atoms with Crippen LogP contribution in [-0.4, -0.2) is 23.3 Å². The Balaban J connectivity index is 2.82. The highest BCUT2D eigenvalue weighted by Crippen LogP contribution is 2.26. The molecule has 7 nitrogen and oxygen atoms in total. The fraction of sp³-hybridized carbons (Fsp3) is 0.333. The van der Waals surface area contributed by atoms with Crippen molar-refractivity contribution in [3.63, 3.8) is 0 Å². The van der Waals surface area contributed by atoms with Crippen LogP contribution in [0.5, 0.6) is 0 Å². The van der Waals surface area contributed by atoms with Gasteiger partial charge in [-0.25, -0.2) is 0 Å². The van der Waals surface area contributed by atoms with Crippen molar-refractivity contribution in [2.75, 3.05) is 6.54 Å². The lowest BCUT2D eigenvalue weighted by atomic mass is 10.1. The highest BCUT2D eigenvalue weighted by Gasteiger charge is 2.19. The van der Waals surface area contributed by atoms with Crippen molar-refractivity contribution in [1.29, 1.82) is 0 Å². The third-order valence-electron chi connectivity index (χ3n) is 2.67. The second kappa shape index (κ2) is 6.99. The van der Waals surface area contributed by atoms with Crippen LogP contribution in [0, 0.1) is 17.0 Å². The molecule has 0 atom stereocenters. The van der Waals surface area contributed by atoms with Crippen molar-refractivity contribution >= 4 is 33.4 Å². The maximum atomic E-state index is 12.0. The average Bonchev–Trinajstić information content (AvgIpc) is 2.36. The van der Waals surface area contributed by atoms with Gasteiger partial charge in [0.15, 0.2) is 0 Å². The normalized spacial score (nSPS) is 10.1. The Kier molecular flexibility index (Phi) is 5.63. The van der Waals surface area contributed by atoms with Gasteiger partial charge in [-0.3, -0.25) is 19.7 Å². The predicted molar refractivity (Wildman–Crippen MR) is 76.3 cm³/mol. The van der Waals surface area contributed by atoms with Gasteiger partial charge in [0.05, 0.1) is 10.5 Å². The minimum atomic E-state index is -0.538. The number of hydrogen-bond donors (Lipinski definition) is 2. The molecule has 0 bridgehead atoms. The van der Waals surface area contributed by atoms with Gasteiger partial charge in [-0.15, -0.1) is 0 Å². The van der Waals surface area contributed by atoms with Crippen molar-refractivity contribution in [2.24, 2.45) is 5.73 Å². The zero-order chi connectivity index (χ0) is 15.3. The first-order valence-electron chi connectivity index (χ1n) is 5.84. The molecule has 108 valence electrons. The Morgan fingerprint density at radius 1 is 1.45 bits per heavy atom. The van der Waals surface area contributed by atoms with Crippen LogP contribution >= 0.6 is 15.9 Å². The van der Waals surface area contributed by atoms with Crippen molar-refractivity contribution in [2.45, 2.75) is 19.8 Å². The number of nitro groups is 1. The molecule has 0 aromatic heterocycles. The molecule has 0 aliphatic carbocycles. The molecular weight excluding hydrogens is 330 g/mol. The lowest BCUT2D eigenvalue weighted by Crippen LogP contribution is -2.26. The van der Waals surface area contributed by atoms with Crippen LogP contribution in [0.2, 0.25) is 0 Å². The summed E-state index contributed by atoms with van der Waals surface area (Å²) < 4.78 is 0.456. The standard InChI is InChI=1S/C12H14BrN3O4/c1-7-9(5-8(13)6-10(7)16(19)20)12(18)15-4-2-3-11(14)17/h5-6H,2-4H2,1H3,(H2,14,17)(H,15,18). The van der Waals surface area contributed by atoms with Crippen LogP contribution in [0.3, 0.4) is 0 Å². The molecular formula is C12H14BrN3O4. The molecule has 0 aliphatic heterocycles. The number of benzene rings is 1. The summed E-state index contributed by atoms with van der Waals surface area (Å²) in [6.07, 6.45) is 0.605. The van der Waals surface area contributed by atoms with Crippen molar-refractivity contribution < 1.29 is 14.5 Å². The summed E-state index contributed by atoms with van der Waals surface area (Å²) in [5, 5.41) is 13.5. The highest BCUT2D eigenvalue weighted by molar-refractivity contribution is 9.10. The Hall–Kier alpha value is -1.96. The van der Waals surface area contributed by atoms with Crippen molar-refractivity contribution in [3.05, 3.63) is 37.8 Å². The van der Waals surface area contributed by atoms with Gasteiger partial charge in [-0.1, -0.05) is 15.9 Å². The number of amides is 2. The zero-order valence-electron chi connectivity index (χ0n) is 10.8. The summed E-state index contributed by atoms with van der Waals surface area (Å²) in [5.41, 5.74) is 5.39. The number of hydrogen-bond acceptors (Lipinski definition) is 4. The van der Waals surface area contributed by atoms with Crippen LogP contribution in [0.1, 0.15) is 28.8 Å². The number of nitro benzene ring substituents is 1. The largest absolute Gasteiger partial charge is 0.370 e. The molecule has 1 aromatic rings. The lowest BCUT2D eigenvalue weighted by Gasteiger charge is -2.08. The molecule has 2 amide bonds. The maximum absolute atomic E-state index is 12.0. The number of halogens is 1. The minimum absolute atomic E-state index is 0.123. The van der Waals surface area contributed by atoms with E-state index in [2.05, 4.69) is 21.2 Å². The van der Waals surface area contributed by atoms with E-state index in [1.807, 2.05) is 0 Å². The number of carbonyl (C=O) groups excluding carboxylic acids is 2. The van der Waals surface area contributed by atoms with Gasteiger partial charge in [0.2, 0.25) is 5.91 Å².